The van der Waals surface area contributed by atoms with Gasteiger partial charge < -0.3 is 10.1 Å². The van der Waals surface area contributed by atoms with Crippen LogP contribution in [0.4, 0.5) is 5.69 Å². The minimum absolute atomic E-state index is 0.738. The van der Waals surface area contributed by atoms with Gasteiger partial charge in [0.2, 0.25) is 0 Å². The van der Waals surface area contributed by atoms with E-state index in [1.165, 1.54) is 16.8 Å². The van der Waals surface area contributed by atoms with Crippen LogP contribution >= 0.6 is 0 Å². The maximum atomic E-state index is 5.48. The van der Waals surface area contributed by atoms with Crippen molar-refractivity contribution >= 4 is 5.69 Å². The Kier molecular flexibility index (Phi) is 5.65. The summed E-state index contributed by atoms with van der Waals surface area (Å²) in [4.78, 5) is 0. The molecule has 0 radical (unpaired) electrons. The van der Waals surface area contributed by atoms with Crippen molar-refractivity contribution in [3.8, 4) is 0 Å². The molecule has 0 unspecified atom stereocenters. The van der Waals surface area contributed by atoms with Crippen LogP contribution in [0.5, 0.6) is 0 Å². The van der Waals surface area contributed by atoms with Gasteiger partial charge in [0.15, 0.2) is 0 Å². The topological polar surface area (TPSA) is 21.3 Å². The summed E-state index contributed by atoms with van der Waals surface area (Å²) in [5.74, 6) is 0. The summed E-state index contributed by atoms with van der Waals surface area (Å²) in [6.45, 7) is 10.3. The molecule has 1 aromatic rings. The van der Waals surface area contributed by atoms with Crippen molar-refractivity contribution in [1.82, 2.24) is 0 Å². The molecular weight excluding hydrogens is 198 g/mol. The number of aryl methyl sites for hydroxylation is 1. The highest BCUT2D eigenvalue weighted by molar-refractivity contribution is 5.50. The van der Waals surface area contributed by atoms with Crippen LogP contribution in [-0.2, 0) is 4.74 Å². The average molecular weight is 219 g/mol. The van der Waals surface area contributed by atoms with Crippen LogP contribution in [0, 0.1) is 6.92 Å². The Morgan fingerprint density at radius 2 is 2.06 bits per heavy atom. The van der Waals surface area contributed by atoms with E-state index in [-0.39, 0.29) is 0 Å². The van der Waals surface area contributed by atoms with Crippen LogP contribution in [-0.4, -0.2) is 19.8 Å². The molecule has 0 heterocycles. The third-order valence-corrected chi connectivity index (χ3v) is 2.38. The van der Waals surface area contributed by atoms with Gasteiger partial charge in [-0.15, -0.1) is 6.58 Å². The molecule has 2 heteroatoms. The Balaban J connectivity index is 2.12. The molecule has 2 nitrogen and oxygen atoms in total. The zero-order valence-corrected chi connectivity index (χ0v) is 10.3. The molecule has 88 valence electrons. The first-order valence-corrected chi connectivity index (χ1v) is 5.72. The predicted octanol–water partition coefficient (Wildman–Crippen LogP) is 3.39. The van der Waals surface area contributed by atoms with Gasteiger partial charge in [-0.05, 0) is 31.9 Å². The second kappa shape index (κ2) is 7.07. The third kappa shape index (κ3) is 4.99. The van der Waals surface area contributed by atoms with Crippen molar-refractivity contribution in [2.75, 3.05) is 25.1 Å². The Hall–Kier alpha value is -1.28. The van der Waals surface area contributed by atoms with Crippen molar-refractivity contribution in [2.24, 2.45) is 0 Å². The van der Waals surface area contributed by atoms with E-state index in [2.05, 4.69) is 31.0 Å². The van der Waals surface area contributed by atoms with E-state index in [4.69, 9.17) is 4.74 Å². The summed E-state index contributed by atoms with van der Waals surface area (Å²) >= 11 is 0. The lowest BCUT2D eigenvalue weighted by Crippen LogP contribution is -2.10. The number of ether oxygens (including phenoxy) is 1. The van der Waals surface area contributed by atoms with Crippen LogP contribution in [0.3, 0.4) is 0 Å². The van der Waals surface area contributed by atoms with E-state index in [1.807, 2.05) is 19.1 Å². The molecule has 1 N–H and O–H groups in total. The number of anilines is 1. The fourth-order valence-electron chi connectivity index (χ4n) is 1.38. The van der Waals surface area contributed by atoms with Gasteiger partial charge in [0, 0.05) is 12.2 Å². The van der Waals surface area contributed by atoms with Crippen molar-refractivity contribution in [3.05, 3.63) is 42.0 Å². The highest BCUT2D eigenvalue weighted by Crippen LogP contribution is 2.12. The molecule has 0 fully saturated rings. The van der Waals surface area contributed by atoms with E-state index in [1.54, 1.807) is 0 Å². The molecule has 0 spiro atoms. The van der Waals surface area contributed by atoms with Crippen molar-refractivity contribution in [1.29, 1.82) is 0 Å². The van der Waals surface area contributed by atoms with Crippen LogP contribution in [0.2, 0.25) is 0 Å². The van der Waals surface area contributed by atoms with Crippen molar-refractivity contribution < 1.29 is 4.74 Å². The first-order valence-electron chi connectivity index (χ1n) is 5.72. The molecule has 16 heavy (non-hydrogen) atoms. The standard InChI is InChI=1S/C14H21NO/c1-12(2)8-10-16-11-9-15-14-7-5-4-6-13(14)3/h4-7,15H,1,8-11H2,2-3H3. The normalized spacial score (nSPS) is 10.1. The molecule has 0 bridgehead atoms. The molecule has 1 aromatic carbocycles. The molecule has 0 amide bonds. The maximum Gasteiger partial charge on any atom is 0.0639 e. The van der Waals surface area contributed by atoms with E-state index in [9.17, 15) is 0 Å². The van der Waals surface area contributed by atoms with Gasteiger partial charge in [0.05, 0.1) is 13.2 Å². The average Bonchev–Trinajstić information content (AvgIpc) is 2.25. The molecule has 0 atom stereocenters. The van der Waals surface area contributed by atoms with Gasteiger partial charge >= 0.3 is 0 Å². The molecule has 0 aliphatic rings. The van der Waals surface area contributed by atoms with Crippen LogP contribution in [0.25, 0.3) is 0 Å². The number of benzene rings is 1. The Morgan fingerprint density at radius 1 is 1.31 bits per heavy atom. The predicted molar refractivity (Wildman–Crippen MR) is 69.9 cm³/mol. The molecular formula is C14H21NO. The lowest BCUT2D eigenvalue weighted by Gasteiger charge is -2.09. The minimum Gasteiger partial charge on any atom is -0.383 e. The van der Waals surface area contributed by atoms with Gasteiger partial charge in [-0.2, -0.15) is 0 Å². The monoisotopic (exact) mass is 219 g/mol. The number of para-hydroxylation sites is 1. The zero-order chi connectivity index (χ0) is 11.8. The summed E-state index contributed by atoms with van der Waals surface area (Å²) in [5, 5.41) is 3.35. The fourth-order valence-corrected chi connectivity index (χ4v) is 1.38. The molecule has 0 aliphatic carbocycles. The first-order chi connectivity index (χ1) is 7.70. The molecule has 0 aromatic heterocycles. The zero-order valence-electron chi connectivity index (χ0n) is 10.3. The number of hydrogen-bond acceptors (Lipinski definition) is 2. The van der Waals surface area contributed by atoms with E-state index in [0.717, 1.165) is 26.2 Å². The van der Waals surface area contributed by atoms with Gasteiger partial charge in [-0.25, -0.2) is 0 Å². The molecule has 0 saturated heterocycles. The van der Waals surface area contributed by atoms with Gasteiger partial charge in [0.1, 0.15) is 0 Å². The highest BCUT2D eigenvalue weighted by Gasteiger charge is 1.95. The summed E-state index contributed by atoms with van der Waals surface area (Å²) in [7, 11) is 0. The largest absolute Gasteiger partial charge is 0.383 e. The molecule has 0 aliphatic heterocycles. The highest BCUT2D eigenvalue weighted by atomic mass is 16.5. The second-order valence-electron chi connectivity index (χ2n) is 4.06. The number of hydrogen-bond donors (Lipinski definition) is 1. The summed E-state index contributed by atoms with van der Waals surface area (Å²) in [5.41, 5.74) is 3.63. The van der Waals surface area contributed by atoms with Crippen LogP contribution in [0.1, 0.15) is 18.9 Å². The van der Waals surface area contributed by atoms with Gasteiger partial charge in [-0.1, -0.05) is 23.8 Å². The summed E-state index contributed by atoms with van der Waals surface area (Å²) in [6.07, 6.45) is 0.949. The van der Waals surface area contributed by atoms with E-state index < -0.39 is 0 Å². The Labute approximate surface area is 98.3 Å². The molecule has 1 rings (SSSR count). The first kappa shape index (κ1) is 12.8. The van der Waals surface area contributed by atoms with Gasteiger partial charge in [-0.3, -0.25) is 0 Å². The van der Waals surface area contributed by atoms with Crippen molar-refractivity contribution in [3.63, 3.8) is 0 Å². The number of nitrogens with one attached hydrogen (secondary N) is 1. The van der Waals surface area contributed by atoms with Crippen LogP contribution in [0.15, 0.2) is 36.4 Å². The number of rotatable bonds is 7. The van der Waals surface area contributed by atoms with Crippen molar-refractivity contribution in [2.45, 2.75) is 20.3 Å². The Bertz CT molecular complexity index is 333. The smallest absolute Gasteiger partial charge is 0.0639 e. The third-order valence-electron chi connectivity index (χ3n) is 2.38. The maximum absolute atomic E-state index is 5.48. The lowest BCUT2D eigenvalue weighted by atomic mass is 10.2. The van der Waals surface area contributed by atoms with Gasteiger partial charge in [0.25, 0.3) is 0 Å². The quantitative estimate of drug-likeness (QED) is 0.560. The lowest BCUT2D eigenvalue weighted by molar-refractivity contribution is 0.147. The van der Waals surface area contributed by atoms with Crippen LogP contribution < -0.4 is 5.32 Å². The molecule has 0 saturated carbocycles. The summed E-state index contributed by atoms with van der Waals surface area (Å²) < 4.78 is 5.48. The van der Waals surface area contributed by atoms with E-state index >= 15 is 0 Å². The van der Waals surface area contributed by atoms with E-state index in [0.29, 0.717) is 0 Å². The fraction of sp³-hybridized carbons (Fsp3) is 0.429. The second-order valence-corrected chi connectivity index (χ2v) is 4.06. The minimum atomic E-state index is 0.738. The summed E-state index contributed by atoms with van der Waals surface area (Å²) in [6, 6.07) is 8.27. The SMILES string of the molecule is C=C(C)CCOCCNc1ccccc1C. The Morgan fingerprint density at radius 3 is 2.75 bits per heavy atom.